The van der Waals surface area contributed by atoms with Crippen LogP contribution in [0, 0.1) is 6.92 Å². The van der Waals surface area contributed by atoms with E-state index in [1.807, 2.05) is 104 Å². The maximum atomic E-state index is 14.6. The molecule has 5 aromatic rings. The number of ketones is 1. The van der Waals surface area contributed by atoms with Gasteiger partial charge in [-0.25, -0.2) is 18.5 Å². The molecule has 1 amide bonds. The van der Waals surface area contributed by atoms with Crippen LogP contribution in [0.2, 0.25) is 5.02 Å². The van der Waals surface area contributed by atoms with Gasteiger partial charge in [-0.05, 0) is 60.5 Å². The molecule has 0 aliphatic heterocycles. The summed E-state index contributed by atoms with van der Waals surface area (Å²) < 4.78 is 25.9. The number of fused-ring (bicyclic) bond motifs is 1. The summed E-state index contributed by atoms with van der Waals surface area (Å²) in [5.74, 6) is -1.49. The van der Waals surface area contributed by atoms with Crippen LogP contribution in [0.5, 0.6) is 0 Å². The van der Waals surface area contributed by atoms with Gasteiger partial charge in [-0.15, -0.1) is 0 Å². The minimum Gasteiger partial charge on any atom is -0.378 e. The van der Waals surface area contributed by atoms with Crippen LogP contribution in [0.15, 0.2) is 101 Å². The molecule has 0 spiro atoms. The number of hydrogen-bond donors (Lipinski definition) is 2. The number of benzene rings is 4. The van der Waals surface area contributed by atoms with E-state index in [-0.39, 0.29) is 15.6 Å². The quantitative estimate of drug-likeness (QED) is 0.122. The van der Waals surface area contributed by atoms with Gasteiger partial charge in [-0.3, -0.25) is 9.59 Å². The normalized spacial score (nSPS) is 11.9. The van der Waals surface area contributed by atoms with Crippen molar-refractivity contribution in [3.05, 3.63) is 107 Å². The molecule has 0 saturated carbocycles. The zero-order chi connectivity index (χ0) is 31.8. The number of amides is 1. The molecule has 0 aliphatic rings. The number of Topliss-reactive ketones (excluding diaryl/α,β-unsaturated/α-hetero) is 1. The van der Waals surface area contributed by atoms with E-state index >= 15 is 0 Å². The first-order valence-corrected chi connectivity index (χ1v) is 15.5. The Kier molecular flexibility index (Phi) is 8.42. The number of aromatic nitrogens is 1. The first-order chi connectivity index (χ1) is 20.9. The number of halogens is 1. The van der Waals surface area contributed by atoms with Gasteiger partial charge in [-0.1, -0.05) is 60.1 Å². The van der Waals surface area contributed by atoms with Gasteiger partial charge >= 0.3 is 0 Å². The molecule has 0 aliphatic carbocycles. The van der Waals surface area contributed by atoms with E-state index in [4.69, 9.17) is 16.7 Å². The maximum Gasteiger partial charge on any atom is 0.278 e. The third-order valence-corrected chi connectivity index (χ3v) is 8.50. The van der Waals surface area contributed by atoms with Gasteiger partial charge < -0.3 is 14.8 Å². The number of para-hydroxylation sites is 1. The van der Waals surface area contributed by atoms with Gasteiger partial charge in [0.2, 0.25) is 15.8 Å². The van der Waals surface area contributed by atoms with Crippen LogP contribution in [0.25, 0.3) is 22.2 Å². The van der Waals surface area contributed by atoms with Crippen molar-refractivity contribution in [1.29, 1.82) is 0 Å². The number of nitrogens with zero attached hydrogens (tertiary/aromatic N) is 3. The number of sulfonamides is 1. The van der Waals surface area contributed by atoms with Crippen molar-refractivity contribution in [3.8, 4) is 11.3 Å². The number of carbonyl (C=O) groups is 2. The first kappa shape index (κ1) is 30.7. The van der Waals surface area contributed by atoms with Gasteiger partial charge in [0.1, 0.15) is 0 Å². The minimum absolute atomic E-state index is 0.0374. The summed E-state index contributed by atoms with van der Waals surface area (Å²) in [6.45, 7) is 1.84. The molecule has 11 heteroatoms. The minimum atomic E-state index is -4.09. The molecular weight excluding hydrogens is 598 g/mol. The average molecular weight is 628 g/mol. The fourth-order valence-corrected chi connectivity index (χ4v) is 5.71. The molecule has 224 valence electrons. The van der Waals surface area contributed by atoms with E-state index < -0.39 is 27.4 Å². The summed E-state index contributed by atoms with van der Waals surface area (Å²) >= 11 is 6.33. The van der Waals surface area contributed by atoms with Crippen LogP contribution in [-0.2, 0) is 21.9 Å². The molecule has 44 heavy (non-hydrogen) atoms. The number of primary sulfonamides is 1. The molecule has 0 atom stereocenters. The van der Waals surface area contributed by atoms with Crippen LogP contribution in [0.1, 0.15) is 15.9 Å². The van der Waals surface area contributed by atoms with Crippen LogP contribution in [0.3, 0.4) is 0 Å². The molecular formula is C33H30ClN5O4S. The van der Waals surface area contributed by atoms with Crippen molar-refractivity contribution in [2.75, 3.05) is 24.3 Å². The molecule has 9 nitrogen and oxygen atoms in total. The van der Waals surface area contributed by atoms with Gasteiger partial charge in [0.25, 0.3) is 5.91 Å². The molecule has 0 saturated heterocycles. The SMILES string of the molecule is Cc1cc(N(C)C)ccc1/N=C(\C(=O)Nc1cc(S(N)(=O)=O)ccc1Cl)C(=O)c1c(-c2ccccc2)n(C)c2ccccc12. The summed E-state index contributed by atoms with van der Waals surface area (Å²) in [5, 5.41) is 8.60. The highest BCUT2D eigenvalue weighted by atomic mass is 35.5. The molecule has 1 heterocycles. The lowest BCUT2D eigenvalue weighted by Gasteiger charge is -2.15. The third-order valence-electron chi connectivity index (χ3n) is 7.25. The van der Waals surface area contributed by atoms with Crippen molar-refractivity contribution in [2.24, 2.45) is 17.2 Å². The highest BCUT2D eigenvalue weighted by Crippen LogP contribution is 2.35. The smallest absolute Gasteiger partial charge is 0.278 e. The number of hydrogen-bond acceptors (Lipinski definition) is 6. The van der Waals surface area contributed by atoms with Gasteiger partial charge in [0.05, 0.1) is 32.6 Å². The zero-order valence-electron chi connectivity index (χ0n) is 24.5. The second-order valence-corrected chi connectivity index (χ2v) is 12.4. The van der Waals surface area contributed by atoms with Crippen LogP contribution in [-0.4, -0.2) is 44.5 Å². The van der Waals surface area contributed by atoms with E-state index in [0.29, 0.717) is 22.3 Å². The predicted octanol–water partition coefficient (Wildman–Crippen LogP) is 6.11. The second kappa shape index (κ2) is 12.1. The van der Waals surface area contributed by atoms with Crippen molar-refractivity contribution in [3.63, 3.8) is 0 Å². The van der Waals surface area contributed by atoms with Crippen molar-refractivity contribution in [2.45, 2.75) is 11.8 Å². The topological polar surface area (TPSA) is 127 Å². The predicted molar refractivity (Wildman–Crippen MR) is 177 cm³/mol. The van der Waals surface area contributed by atoms with Crippen molar-refractivity contribution in [1.82, 2.24) is 4.57 Å². The number of aryl methyl sites for hydroxylation is 2. The Morgan fingerprint density at radius 3 is 2.27 bits per heavy atom. The molecule has 0 fully saturated rings. The van der Waals surface area contributed by atoms with E-state index in [0.717, 1.165) is 28.4 Å². The number of anilines is 2. The number of aliphatic imine (C=N–C) groups is 1. The third kappa shape index (κ3) is 6.00. The molecule has 4 aromatic carbocycles. The van der Waals surface area contributed by atoms with Crippen LogP contribution < -0.4 is 15.4 Å². The lowest BCUT2D eigenvalue weighted by atomic mass is 9.98. The standard InChI is InChI=1S/C33H30ClN5O4S/c1-20-18-22(38(2)3)14-17-26(20)36-30(33(41)37-27-19-23(44(35,42)43)15-16-25(27)34)32(40)29-24-12-8-9-13-28(24)39(4)31(29)21-10-6-5-7-11-21/h5-19H,1-4H3,(H,37,41)(H2,35,42,43)/b36-30-. The summed E-state index contributed by atoms with van der Waals surface area (Å²) in [4.78, 5) is 34.9. The molecule has 5 rings (SSSR count). The Morgan fingerprint density at radius 2 is 1.61 bits per heavy atom. The Morgan fingerprint density at radius 1 is 0.932 bits per heavy atom. The van der Waals surface area contributed by atoms with Crippen LogP contribution in [0.4, 0.5) is 17.1 Å². The van der Waals surface area contributed by atoms with E-state index in [1.165, 1.54) is 12.1 Å². The highest BCUT2D eigenvalue weighted by Gasteiger charge is 2.30. The van der Waals surface area contributed by atoms with E-state index in [1.54, 1.807) is 6.07 Å². The monoisotopic (exact) mass is 627 g/mol. The molecule has 3 N–H and O–H groups in total. The van der Waals surface area contributed by atoms with Crippen molar-refractivity contribution >= 4 is 67.0 Å². The van der Waals surface area contributed by atoms with Gasteiger partial charge in [0.15, 0.2) is 5.71 Å². The largest absolute Gasteiger partial charge is 0.378 e. The molecule has 0 radical (unpaired) electrons. The Bertz CT molecular complexity index is 2070. The molecule has 1 aromatic heterocycles. The second-order valence-electron chi connectivity index (χ2n) is 10.5. The molecule has 0 bridgehead atoms. The Labute approximate surface area is 260 Å². The number of carbonyl (C=O) groups excluding carboxylic acids is 2. The fraction of sp³-hybridized carbons (Fsp3) is 0.121. The first-order valence-electron chi connectivity index (χ1n) is 13.5. The lowest BCUT2D eigenvalue weighted by molar-refractivity contribution is -0.110. The summed E-state index contributed by atoms with van der Waals surface area (Å²) in [6, 6.07) is 26.0. The van der Waals surface area contributed by atoms with E-state index in [9.17, 15) is 18.0 Å². The Hall–Kier alpha value is -4.77. The summed E-state index contributed by atoms with van der Waals surface area (Å²) in [5.41, 5.74) is 4.13. The van der Waals surface area contributed by atoms with Crippen molar-refractivity contribution < 1.29 is 18.0 Å². The average Bonchev–Trinajstić information content (AvgIpc) is 3.29. The van der Waals surface area contributed by atoms with Gasteiger partial charge in [-0.2, -0.15) is 0 Å². The molecule has 0 unspecified atom stereocenters. The number of nitrogens with one attached hydrogen (secondary N) is 1. The number of rotatable bonds is 8. The summed E-state index contributed by atoms with van der Waals surface area (Å²) in [6.07, 6.45) is 0. The Balaban J connectivity index is 1.72. The van der Waals surface area contributed by atoms with Crippen LogP contribution >= 0.6 is 11.6 Å². The fourth-order valence-electron chi connectivity index (χ4n) is 5.00. The number of nitrogens with two attached hydrogens (primary N) is 1. The van der Waals surface area contributed by atoms with E-state index in [2.05, 4.69) is 10.3 Å². The lowest BCUT2D eigenvalue weighted by Crippen LogP contribution is -2.31. The zero-order valence-corrected chi connectivity index (χ0v) is 26.1. The van der Waals surface area contributed by atoms with Gasteiger partial charge in [0, 0.05) is 37.7 Å². The highest BCUT2D eigenvalue weighted by molar-refractivity contribution is 7.89. The maximum absolute atomic E-state index is 14.6. The summed E-state index contributed by atoms with van der Waals surface area (Å²) in [7, 11) is 1.58.